The molecule has 2 aliphatic rings. The van der Waals surface area contributed by atoms with Crippen molar-refractivity contribution in [2.45, 2.75) is 6.92 Å². The zero-order valence-electron chi connectivity index (χ0n) is 16.1. The summed E-state index contributed by atoms with van der Waals surface area (Å²) in [5, 5.41) is 2.10. The minimum atomic E-state index is -0.704. The Balaban J connectivity index is 1.64. The number of benzene rings is 2. The number of hydrogen-bond donors (Lipinski definition) is 2. The Morgan fingerprint density at radius 1 is 0.742 bits per heavy atom. The Morgan fingerprint density at radius 3 is 2.10 bits per heavy atom. The number of carbonyl (C=O) groups excluding carboxylic acids is 4. The summed E-state index contributed by atoms with van der Waals surface area (Å²) in [5.41, 5.74) is 7.11. The molecule has 0 saturated carbocycles. The van der Waals surface area contributed by atoms with Gasteiger partial charge in [-0.15, -0.1) is 0 Å². The number of carbonyl (C=O) groups is 4. The van der Waals surface area contributed by atoms with Gasteiger partial charge in [-0.25, -0.2) is 4.90 Å². The Kier molecular flexibility index (Phi) is 3.72. The second kappa shape index (κ2) is 6.23. The molecule has 0 saturated heterocycles. The van der Waals surface area contributed by atoms with E-state index >= 15 is 0 Å². The predicted molar refractivity (Wildman–Crippen MR) is 111 cm³/mol. The number of nitrogen functional groups attached to an aromatic ring is 1. The van der Waals surface area contributed by atoms with E-state index in [4.69, 9.17) is 5.73 Å². The number of hydrogen-bond acceptors (Lipinski definition) is 6. The third kappa shape index (κ3) is 2.53. The Morgan fingerprint density at radius 2 is 1.39 bits per heavy atom. The van der Waals surface area contributed by atoms with Crippen molar-refractivity contribution in [2.24, 2.45) is 0 Å². The highest BCUT2D eigenvalue weighted by Gasteiger charge is 2.37. The summed E-state index contributed by atoms with van der Waals surface area (Å²) in [6, 6.07) is 12.2. The van der Waals surface area contributed by atoms with Crippen LogP contribution in [0.4, 0.5) is 11.5 Å². The van der Waals surface area contributed by atoms with Gasteiger partial charge in [0.05, 0.1) is 33.6 Å². The Labute approximate surface area is 174 Å². The maximum absolute atomic E-state index is 13.0. The molecule has 0 atom stereocenters. The molecule has 0 aliphatic carbocycles. The lowest BCUT2D eigenvalue weighted by molar-refractivity contribution is 0.0874. The van der Waals surface area contributed by atoms with Crippen molar-refractivity contribution in [3.8, 4) is 5.69 Å². The highest BCUT2D eigenvalue weighted by molar-refractivity contribution is 6.34. The van der Waals surface area contributed by atoms with Crippen LogP contribution in [-0.2, 0) is 0 Å². The van der Waals surface area contributed by atoms with Crippen molar-refractivity contribution >= 4 is 35.1 Å². The van der Waals surface area contributed by atoms with Crippen LogP contribution in [0.2, 0.25) is 0 Å². The van der Waals surface area contributed by atoms with E-state index in [0.29, 0.717) is 5.69 Å². The smallest absolute Gasteiger partial charge is 0.266 e. The fraction of sp³-hybridized carbons (Fsp3) is 0.0455. The molecule has 31 heavy (non-hydrogen) atoms. The number of aryl methyl sites for hydroxylation is 1. The van der Waals surface area contributed by atoms with Gasteiger partial charge >= 0.3 is 0 Å². The normalized spacial score (nSPS) is 14.7. The number of amides is 4. The standard InChI is InChI=1S/C22H14N4O5/c1-10-2-4-11(5-3-10)26-21(30)13-7-6-12(8-14(13)22(26)31)25-16(27)9-15-17(18(25)23)20(29)24-19(15)28/h2-9H,23H2,1H3,(H,24,28,29). The molecule has 9 heteroatoms. The fourth-order valence-corrected chi connectivity index (χ4v) is 3.84. The molecule has 3 aromatic rings. The first-order valence-electron chi connectivity index (χ1n) is 9.29. The van der Waals surface area contributed by atoms with Crippen LogP contribution in [0, 0.1) is 6.92 Å². The number of fused-ring (bicyclic) bond motifs is 2. The van der Waals surface area contributed by atoms with Gasteiger partial charge in [-0.1, -0.05) is 17.7 Å². The van der Waals surface area contributed by atoms with E-state index < -0.39 is 29.2 Å². The van der Waals surface area contributed by atoms with Crippen LogP contribution >= 0.6 is 0 Å². The molecule has 9 nitrogen and oxygen atoms in total. The fourth-order valence-electron chi connectivity index (χ4n) is 3.84. The zero-order valence-corrected chi connectivity index (χ0v) is 16.1. The van der Waals surface area contributed by atoms with Crippen molar-refractivity contribution < 1.29 is 19.2 Å². The molecule has 2 aliphatic heterocycles. The van der Waals surface area contributed by atoms with Crippen molar-refractivity contribution in [1.82, 2.24) is 9.88 Å². The molecule has 4 amide bonds. The maximum Gasteiger partial charge on any atom is 0.266 e. The van der Waals surface area contributed by atoms with Crippen LogP contribution in [0.15, 0.2) is 53.3 Å². The average Bonchev–Trinajstić information content (AvgIpc) is 3.15. The number of pyridine rings is 1. The first kappa shape index (κ1) is 18.5. The first-order chi connectivity index (χ1) is 14.8. The van der Waals surface area contributed by atoms with Gasteiger partial charge in [0, 0.05) is 6.07 Å². The topological polar surface area (TPSA) is 132 Å². The van der Waals surface area contributed by atoms with Gasteiger partial charge in [-0.05, 0) is 37.3 Å². The van der Waals surface area contributed by atoms with Gasteiger partial charge in [0.15, 0.2) is 0 Å². The molecule has 0 spiro atoms. The van der Waals surface area contributed by atoms with Crippen LogP contribution in [0.25, 0.3) is 5.69 Å². The van der Waals surface area contributed by atoms with Crippen molar-refractivity contribution in [3.05, 3.63) is 86.7 Å². The summed E-state index contributed by atoms with van der Waals surface area (Å²) in [7, 11) is 0. The largest absolute Gasteiger partial charge is 0.384 e. The maximum atomic E-state index is 13.0. The lowest BCUT2D eigenvalue weighted by Gasteiger charge is -2.14. The molecule has 0 bridgehead atoms. The summed E-state index contributed by atoms with van der Waals surface area (Å²) in [6.07, 6.45) is 0. The number of anilines is 2. The zero-order chi connectivity index (χ0) is 22.0. The lowest BCUT2D eigenvalue weighted by Crippen LogP contribution is -2.29. The summed E-state index contributed by atoms with van der Waals surface area (Å²) < 4.78 is 1.03. The number of nitrogens with two attached hydrogens (primary N) is 1. The number of rotatable bonds is 2. The number of nitrogens with zero attached hydrogens (tertiary/aromatic N) is 2. The van der Waals surface area contributed by atoms with Gasteiger partial charge in [0.2, 0.25) is 0 Å². The first-order valence-corrected chi connectivity index (χ1v) is 9.29. The van der Waals surface area contributed by atoms with E-state index in [2.05, 4.69) is 5.32 Å². The van der Waals surface area contributed by atoms with Gasteiger partial charge in [-0.2, -0.15) is 0 Å². The van der Waals surface area contributed by atoms with Gasteiger partial charge in [-0.3, -0.25) is 33.9 Å². The molecular weight excluding hydrogens is 400 g/mol. The average molecular weight is 414 g/mol. The summed E-state index contributed by atoms with van der Waals surface area (Å²) in [4.78, 5) is 63.4. The molecule has 3 N–H and O–H groups in total. The Bertz CT molecular complexity index is 1420. The van der Waals surface area contributed by atoms with E-state index in [1.54, 1.807) is 24.3 Å². The van der Waals surface area contributed by atoms with E-state index in [9.17, 15) is 24.0 Å². The monoisotopic (exact) mass is 414 g/mol. The van der Waals surface area contributed by atoms with Crippen molar-refractivity contribution in [3.63, 3.8) is 0 Å². The van der Waals surface area contributed by atoms with Crippen LogP contribution in [0.5, 0.6) is 0 Å². The van der Waals surface area contributed by atoms with E-state index in [1.165, 1.54) is 18.2 Å². The molecule has 3 heterocycles. The molecular formula is C22H14N4O5. The Hall–Kier alpha value is -4.53. The van der Waals surface area contributed by atoms with Gasteiger partial charge in [0.25, 0.3) is 29.2 Å². The second-order valence-corrected chi connectivity index (χ2v) is 7.29. The van der Waals surface area contributed by atoms with E-state index in [-0.39, 0.29) is 33.8 Å². The summed E-state index contributed by atoms with van der Waals surface area (Å²) >= 11 is 0. The quantitative estimate of drug-likeness (QED) is 0.610. The SMILES string of the molecule is Cc1ccc(N2C(=O)c3ccc(-n4c(N)c5c(cc4=O)C(=O)NC5=O)cc3C2=O)cc1. The third-order valence-corrected chi connectivity index (χ3v) is 5.37. The minimum absolute atomic E-state index is 0.0956. The predicted octanol–water partition coefficient (Wildman–Crippen LogP) is 1.41. The van der Waals surface area contributed by atoms with Crippen molar-refractivity contribution in [1.29, 1.82) is 0 Å². The molecule has 5 rings (SSSR count). The van der Waals surface area contributed by atoms with Crippen LogP contribution in [0.3, 0.4) is 0 Å². The van der Waals surface area contributed by atoms with Gasteiger partial charge in [0.1, 0.15) is 5.82 Å². The molecule has 0 unspecified atom stereocenters. The molecule has 152 valence electrons. The molecule has 2 aromatic carbocycles. The molecule has 1 aromatic heterocycles. The van der Waals surface area contributed by atoms with Crippen LogP contribution in [-0.4, -0.2) is 28.2 Å². The second-order valence-electron chi connectivity index (χ2n) is 7.29. The number of imide groups is 2. The molecule has 0 radical (unpaired) electrons. The summed E-state index contributed by atoms with van der Waals surface area (Å²) in [6.45, 7) is 1.89. The van der Waals surface area contributed by atoms with Crippen LogP contribution < -0.4 is 21.5 Å². The minimum Gasteiger partial charge on any atom is -0.384 e. The van der Waals surface area contributed by atoms with Crippen LogP contribution in [0.1, 0.15) is 47.0 Å². The highest BCUT2D eigenvalue weighted by atomic mass is 16.2. The lowest BCUT2D eigenvalue weighted by atomic mass is 10.1. The number of nitrogens with one attached hydrogen (secondary N) is 1. The van der Waals surface area contributed by atoms with Crippen molar-refractivity contribution in [2.75, 3.05) is 10.6 Å². The summed E-state index contributed by atoms with van der Waals surface area (Å²) in [5.74, 6) is -2.64. The highest BCUT2D eigenvalue weighted by Crippen LogP contribution is 2.31. The van der Waals surface area contributed by atoms with Gasteiger partial charge < -0.3 is 5.73 Å². The van der Waals surface area contributed by atoms with E-state index in [1.807, 2.05) is 6.92 Å². The third-order valence-electron chi connectivity index (χ3n) is 5.37. The number of aromatic nitrogens is 1. The molecule has 0 fully saturated rings. The van der Waals surface area contributed by atoms with E-state index in [0.717, 1.165) is 21.1 Å².